The van der Waals surface area contributed by atoms with Gasteiger partial charge in [0.1, 0.15) is 6.61 Å². The van der Waals surface area contributed by atoms with Crippen LogP contribution in [0.2, 0.25) is 0 Å². The Bertz CT molecular complexity index is 579. The molecule has 0 aliphatic heterocycles. The van der Waals surface area contributed by atoms with Crippen LogP contribution < -0.4 is 5.32 Å². The van der Waals surface area contributed by atoms with Crippen LogP contribution in [-0.2, 0) is 25.7 Å². The van der Waals surface area contributed by atoms with Gasteiger partial charge in [0.15, 0.2) is 0 Å². The third kappa shape index (κ3) is 11.6. The van der Waals surface area contributed by atoms with Gasteiger partial charge in [0.2, 0.25) is 0 Å². The Balaban J connectivity index is 2.24. The van der Waals surface area contributed by atoms with Crippen LogP contribution in [0.15, 0.2) is 30.3 Å². The number of hydrogen-bond acceptors (Lipinski definition) is 6. The third-order valence-electron chi connectivity index (χ3n) is 3.71. The highest BCUT2D eigenvalue weighted by Gasteiger charge is 2.11. The number of carbonyl (C=O) groups excluding carboxylic acids is 2. The molecule has 0 aromatic heterocycles. The molecule has 27 heavy (non-hydrogen) atoms. The molecule has 1 aromatic carbocycles. The highest BCUT2D eigenvalue weighted by molar-refractivity contribution is 5.69. The molecule has 8 nitrogen and oxygen atoms in total. The van der Waals surface area contributed by atoms with Gasteiger partial charge in [0.25, 0.3) is 0 Å². The summed E-state index contributed by atoms with van der Waals surface area (Å²) in [7, 11) is 0. The second kappa shape index (κ2) is 13.6. The minimum atomic E-state index is -0.890. The van der Waals surface area contributed by atoms with Crippen LogP contribution in [0.4, 0.5) is 4.79 Å². The van der Waals surface area contributed by atoms with Crippen LogP contribution in [0.5, 0.6) is 0 Å². The molecule has 2 N–H and O–H groups in total. The molecule has 0 aliphatic carbocycles. The molecule has 0 aliphatic rings. The van der Waals surface area contributed by atoms with E-state index in [2.05, 4.69) is 5.32 Å². The molecule has 1 amide bonds. The van der Waals surface area contributed by atoms with Gasteiger partial charge in [-0.05, 0) is 25.5 Å². The molecule has 0 atom stereocenters. The van der Waals surface area contributed by atoms with Gasteiger partial charge in [-0.25, -0.2) is 4.79 Å². The Labute approximate surface area is 159 Å². The lowest BCUT2D eigenvalue weighted by Crippen LogP contribution is -2.33. The zero-order valence-electron chi connectivity index (χ0n) is 15.7. The van der Waals surface area contributed by atoms with E-state index >= 15 is 0 Å². The van der Waals surface area contributed by atoms with Crippen LogP contribution in [0, 0.1) is 0 Å². The number of benzene rings is 1. The first-order valence-corrected chi connectivity index (χ1v) is 9.05. The van der Waals surface area contributed by atoms with Gasteiger partial charge < -0.3 is 24.8 Å². The first-order chi connectivity index (χ1) is 13.0. The fourth-order valence-corrected chi connectivity index (χ4v) is 2.34. The Hall–Kier alpha value is -2.61. The minimum absolute atomic E-state index is 0.00459. The van der Waals surface area contributed by atoms with Crippen molar-refractivity contribution in [1.82, 2.24) is 10.2 Å². The summed E-state index contributed by atoms with van der Waals surface area (Å²) >= 11 is 0. The molecule has 0 saturated heterocycles. The minimum Gasteiger partial charge on any atom is -0.481 e. The molecule has 0 heterocycles. The number of alkyl carbamates (subject to hydrolysis) is 1. The van der Waals surface area contributed by atoms with Crippen molar-refractivity contribution in [1.29, 1.82) is 0 Å². The highest BCUT2D eigenvalue weighted by Crippen LogP contribution is 2.01. The van der Waals surface area contributed by atoms with Gasteiger partial charge in [-0.1, -0.05) is 30.3 Å². The van der Waals surface area contributed by atoms with E-state index in [-0.39, 0.29) is 25.4 Å². The van der Waals surface area contributed by atoms with Gasteiger partial charge in [-0.2, -0.15) is 0 Å². The Morgan fingerprint density at radius 1 is 1.04 bits per heavy atom. The molecule has 0 fully saturated rings. The number of esters is 1. The summed E-state index contributed by atoms with van der Waals surface area (Å²) in [6, 6.07) is 9.38. The summed E-state index contributed by atoms with van der Waals surface area (Å²) < 4.78 is 10.0. The third-order valence-corrected chi connectivity index (χ3v) is 3.71. The Morgan fingerprint density at radius 3 is 2.41 bits per heavy atom. The van der Waals surface area contributed by atoms with Crippen LogP contribution in [0.3, 0.4) is 0 Å². The maximum absolute atomic E-state index is 11.7. The van der Waals surface area contributed by atoms with Crippen LogP contribution in [0.1, 0.15) is 31.7 Å². The van der Waals surface area contributed by atoms with Gasteiger partial charge in [0, 0.05) is 19.6 Å². The van der Waals surface area contributed by atoms with Gasteiger partial charge >= 0.3 is 18.0 Å². The van der Waals surface area contributed by atoms with Crippen molar-refractivity contribution in [2.45, 2.75) is 32.8 Å². The van der Waals surface area contributed by atoms with Crippen LogP contribution in [0.25, 0.3) is 0 Å². The molecular formula is C19H28N2O6. The number of amides is 1. The summed E-state index contributed by atoms with van der Waals surface area (Å²) in [6.45, 7) is 3.99. The van der Waals surface area contributed by atoms with E-state index < -0.39 is 12.1 Å². The first-order valence-electron chi connectivity index (χ1n) is 9.05. The number of rotatable bonds is 13. The first kappa shape index (κ1) is 22.4. The molecule has 1 rings (SSSR count). The second-order valence-corrected chi connectivity index (χ2v) is 5.88. The maximum atomic E-state index is 11.7. The largest absolute Gasteiger partial charge is 0.481 e. The van der Waals surface area contributed by atoms with E-state index in [1.165, 1.54) is 0 Å². The number of nitrogens with one attached hydrogen (secondary N) is 1. The van der Waals surface area contributed by atoms with Gasteiger partial charge in [0.05, 0.1) is 19.4 Å². The van der Waals surface area contributed by atoms with Crippen LogP contribution in [-0.4, -0.2) is 60.8 Å². The average Bonchev–Trinajstić information content (AvgIpc) is 2.66. The molecule has 1 aromatic rings. The second-order valence-electron chi connectivity index (χ2n) is 5.88. The normalized spacial score (nSPS) is 10.4. The standard InChI is InChI=1S/C19H28N2O6/c1-2-26-18(24)10-14-21(13-9-17(22)23)12-6-11-20-19(25)27-15-16-7-4-3-5-8-16/h3-5,7-8H,2,6,9-15H2,1H3,(H,20,25)(H,22,23). The maximum Gasteiger partial charge on any atom is 0.407 e. The molecule has 0 unspecified atom stereocenters. The fraction of sp³-hybridized carbons (Fsp3) is 0.526. The number of carboxylic acid groups (broad SMARTS) is 1. The molecule has 0 bridgehead atoms. The number of aliphatic carboxylic acids is 1. The van der Waals surface area contributed by atoms with Gasteiger partial charge in [-0.3, -0.25) is 9.59 Å². The monoisotopic (exact) mass is 380 g/mol. The summed E-state index contributed by atoms with van der Waals surface area (Å²) in [6.07, 6.45) is 0.320. The summed E-state index contributed by atoms with van der Waals surface area (Å²) in [5.74, 6) is -1.20. The van der Waals surface area contributed by atoms with Crippen molar-refractivity contribution in [3.8, 4) is 0 Å². The SMILES string of the molecule is CCOC(=O)CCN(CCCNC(=O)OCc1ccccc1)CCC(=O)O. The summed E-state index contributed by atoms with van der Waals surface area (Å²) in [5.41, 5.74) is 0.909. The smallest absolute Gasteiger partial charge is 0.407 e. The lowest BCUT2D eigenvalue weighted by molar-refractivity contribution is -0.143. The Kier molecular flexibility index (Phi) is 11.3. The lowest BCUT2D eigenvalue weighted by atomic mass is 10.2. The highest BCUT2D eigenvalue weighted by atomic mass is 16.5. The van der Waals surface area contributed by atoms with Crippen molar-refractivity contribution in [3.05, 3.63) is 35.9 Å². The fourth-order valence-electron chi connectivity index (χ4n) is 2.34. The lowest BCUT2D eigenvalue weighted by Gasteiger charge is -2.21. The number of carbonyl (C=O) groups is 3. The van der Waals surface area contributed by atoms with E-state index in [1.807, 2.05) is 35.2 Å². The van der Waals surface area contributed by atoms with Crippen molar-refractivity contribution in [2.24, 2.45) is 0 Å². The summed E-state index contributed by atoms with van der Waals surface area (Å²) in [4.78, 5) is 35.8. The van der Waals surface area contributed by atoms with E-state index in [9.17, 15) is 14.4 Å². The van der Waals surface area contributed by atoms with E-state index in [0.29, 0.717) is 39.2 Å². The van der Waals surface area contributed by atoms with Crippen molar-refractivity contribution in [3.63, 3.8) is 0 Å². The predicted octanol–water partition coefficient (Wildman–Crippen LogP) is 2.03. The van der Waals surface area contributed by atoms with E-state index in [4.69, 9.17) is 14.6 Å². The number of ether oxygens (including phenoxy) is 2. The zero-order valence-corrected chi connectivity index (χ0v) is 15.7. The van der Waals surface area contributed by atoms with E-state index in [1.54, 1.807) is 6.92 Å². The predicted molar refractivity (Wildman–Crippen MR) is 99.2 cm³/mol. The van der Waals surface area contributed by atoms with Gasteiger partial charge in [-0.15, -0.1) is 0 Å². The number of nitrogens with zero attached hydrogens (tertiary/aromatic N) is 1. The average molecular weight is 380 g/mol. The quantitative estimate of drug-likeness (QED) is 0.398. The van der Waals surface area contributed by atoms with Crippen LogP contribution >= 0.6 is 0 Å². The number of carboxylic acids is 1. The summed E-state index contributed by atoms with van der Waals surface area (Å²) in [5, 5.41) is 11.5. The molecule has 8 heteroatoms. The molecule has 0 radical (unpaired) electrons. The topological polar surface area (TPSA) is 105 Å². The Morgan fingerprint density at radius 2 is 1.74 bits per heavy atom. The zero-order chi connectivity index (χ0) is 19.9. The van der Waals surface area contributed by atoms with Crippen molar-refractivity contribution in [2.75, 3.05) is 32.8 Å². The molecule has 0 spiro atoms. The number of hydrogen-bond donors (Lipinski definition) is 2. The van der Waals surface area contributed by atoms with Crippen molar-refractivity contribution < 1.29 is 29.0 Å². The molecule has 150 valence electrons. The van der Waals surface area contributed by atoms with E-state index in [0.717, 1.165) is 5.56 Å². The molecular weight excluding hydrogens is 352 g/mol. The van der Waals surface area contributed by atoms with Crippen molar-refractivity contribution >= 4 is 18.0 Å². The molecule has 0 saturated carbocycles.